The zero-order valence-electron chi connectivity index (χ0n) is 19.7. The minimum atomic E-state index is -0.384. The Bertz CT molecular complexity index is 1350. The van der Waals surface area contributed by atoms with Gasteiger partial charge in [-0.1, -0.05) is 0 Å². The maximum Gasteiger partial charge on any atom is 0.414 e. The first-order valence-electron chi connectivity index (χ1n) is 11.8. The quantitative estimate of drug-likeness (QED) is 0.520. The van der Waals surface area contributed by atoms with Crippen LogP contribution in [0.25, 0.3) is 11.0 Å². The van der Waals surface area contributed by atoms with Crippen molar-refractivity contribution < 1.29 is 23.8 Å². The average Bonchev–Trinajstić information content (AvgIpc) is 3.27. The van der Waals surface area contributed by atoms with Crippen LogP contribution in [0.15, 0.2) is 41.4 Å². The zero-order chi connectivity index (χ0) is 24.6. The van der Waals surface area contributed by atoms with E-state index in [1.165, 1.54) is 11.8 Å². The van der Waals surface area contributed by atoms with E-state index in [1.54, 1.807) is 24.3 Å². The van der Waals surface area contributed by atoms with E-state index in [4.69, 9.17) is 14.2 Å². The second kappa shape index (κ2) is 9.47. The van der Waals surface area contributed by atoms with Gasteiger partial charge < -0.3 is 24.8 Å². The van der Waals surface area contributed by atoms with Crippen molar-refractivity contribution in [2.24, 2.45) is 5.92 Å². The molecule has 3 aromatic rings. The molecule has 1 aromatic carbocycles. The smallest absolute Gasteiger partial charge is 0.414 e. The molecule has 2 amide bonds. The topological polar surface area (TPSA) is 115 Å². The Morgan fingerprint density at radius 3 is 3.06 bits per heavy atom. The van der Waals surface area contributed by atoms with Gasteiger partial charge in [-0.2, -0.15) is 0 Å². The molecule has 1 fully saturated rings. The van der Waals surface area contributed by atoms with E-state index in [9.17, 15) is 9.59 Å². The average molecular weight is 508 g/mol. The van der Waals surface area contributed by atoms with Gasteiger partial charge in [-0.15, -0.1) is 11.8 Å². The van der Waals surface area contributed by atoms with E-state index in [1.807, 2.05) is 24.3 Å². The maximum absolute atomic E-state index is 12.5. The van der Waals surface area contributed by atoms with Gasteiger partial charge >= 0.3 is 6.09 Å². The number of carbonyl (C=O) groups excluding carboxylic acids is 2. The third kappa shape index (κ3) is 4.40. The molecule has 0 spiro atoms. The number of hydrogen-bond donors (Lipinski definition) is 2. The van der Waals surface area contributed by atoms with E-state index in [-0.39, 0.29) is 24.0 Å². The van der Waals surface area contributed by atoms with Crippen LogP contribution in [0.1, 0.15) is 5.56 Å². The fourth-order valence-corrected chi connectivity index (χ4v) is 5.52. The van der Waals surface area contributed by atoms with Crippen LogP contribution in [0.2, 0.25) is 0 Å². The monoisotopic (exact) mass is 507 g/mol. The molecule has 0 aliphatic carbocycles. The lowest BCUT2D eigenvalue weighted by Crippen LogP contribution is -2.37. The van der Waals surface area contributed by atoms with E-state index >= 15 is 0 Å². The Morgan fingerprint density at radius 2 is 2.17 bits per heavy atom. The number of anilines is 2. The molecule has 0 bridgehead atoms. The highest BCUT2D eigenvalue weighted by Gasteiger charge is 2.33. The molecule has 186 valence electrons. The summed E-state index contributed by atoms with van der Waals surface area (Å²) < 4.78 is 16.9. The number of nitrogens with one attached hydrogen (secondary N) is 2. The van der Waals surface area contributed by atoms with Gasteiger partial charge in [0.2, 0.25) is 11.8 Å². The first-order chi connectivity index (χ1) is 17.6. The molecule has 6 rings (SSSR count). The van der Waals surface area contributed by atoms with E-state index < -0.39 is 0 Å². The fraction of sp³-hybridized carbons (Fsp3) is 0.360. The van der Waals surface area contributed by atoms with E-state index in [2.05, 4.69) is 20.6 Å². The summed E-state index contributed by atoms with van der Waals surface area (Å²) in [4.78, 5) is 35.9. The Balaban J connectivity index is 1.06. The molecule has 2 aromatic heterocycles. The number of benzene rings is 1. The van der Waals surface area contributed by atoms with Crippen molar-refractivity contribution in [2.75, 3.05) is 49.3 Å². The summed E-state index contributed by atoms with van der Waals surface area (Å²) in [5, 5.41) is 6.31. The molecule has 1 saturated heterocycles. The SMILES string of the molecule is COc1ccc2ncc3c(c2n1)CC(CNC[C@@H]1CN(c2ccc4c(c2)NC(=O)CS4)C(=O)O1)CO3. The Labute approximate surface area is 211 Å². The van der Waals surface area contributed by atoms with Crippen LogP contribution in [0.4, 0.5) is 16.2 Å². The molecule has 10 nitrogen and oxygen atoms in total. The number of fused-ring (bicyclic) bond motifs is 4. The highest BCUT2D eigenvalue weighted by molar-refractivity contribution is 8.00. The number of nitrogens with zero attached hydrogens (tertiary/aromatic N) is 3. The number of methoxy groups -OCH3 is 1. The molecule has 0 radical (unpaired) electrons. The van der Waals surface area contributed by atoms with Crippen molar-refractivity contribution in [2.45, 2.75) is 17.4 Å². The second-order valence-electron chi connectivity index (χ2n) is 9.00. The lowest BCUT2D eigenvalue weighted by Gasteiger charge is -2.26. The first kappa shape index (κ1) is 22.9. The van der Waals surface area contributed by atoms with Gasteiger partial charge in [0.25, 0.3) is 0 Å². The number of amides is 2. The summed E-state index contributed by atoms with van der Waals surface area (Å²) in [6, 6.07) is 9.35. The van der Waals surface area contributed by atoms with Crippen LogP contribution in [0, 0.1) is 5.92 Å². The van der Waals surface area contributed by atoms with Gasteiger partial charge in [-0.3, -0.25) is 14.7 Å². The molecule has 2 N–H and O–H groups in total. The number of ether oxygens (including phenoxy) is 3. The van der Waals surface area contributed by atoms with Crippen LogP contribution in [-0.2, 0) is 16.0 Å². The van der Waals surface area contributed by atoms with Gasteiger partial charge in [0, 0.05) is 41.2 Å². The number of aromatic nitrogens is 2. The normalized spacial score (nSPS) is 20.9. The number of rotatable bonds is 6. The summed E-state index contributed by atoms with van der Waals surface area (Å²) in [6.07, 6.45) is 1.90. The van der Waals surface area contributed by atoms with Crippen molar-refractivity contribution in [3.8, 4) is 11.6 Å². The summed E-state index contributed by atoms with van der Waals surface area (Å²) >= 11 is 1.49. The van der Waals surface area contributed by atoms with Crippen molar-refractivity contribution in [1.29, 1.82) is 0 Å². The van der Waals surface area contributed by atoms with Gasteiger partial charge in [-0.05, 0) is 30.7 Å². The molecule has 5 heterocycles. The standard InChI is InChI=1S/C25H25N5O5S/c1-33-23-5-3-18-24(29-23)17-6-14(12-34-20(17)10-27-18)8-26-9-16-11-30(25(32)35-16)15-2-4-21-19(7-15)28-22(31)13-36-21/h2-5,7,10,14,16,26H,6,8-9,11-13H2,1H3,(H,28,31)/t14?,16-/m1/s1. The van der Waals surface area contributed by atoms with Gasteiger partial charge in [0.15, 0.2) is 0 Å². The molecule has 0 saturated carbocycles. The Morgan fingerprint density at radius 1 is 1.25 bits per heavy atom. The lowest BCUT2D eigenvalue weighted by atomic mass is 9.96. The van der Waals surface area contributed by atoms with Crippen LogP contribution in [0.5, 0.6) is 11.6 Å². The van der Waals surface area contributed by atoms with E-state index in [0.717, 1.165) is 39.4 Å². The largest absolute Gasteiger partial charge is 0.491 e. The summed E-state index contributed by atoms with van der Waals surface area (Å²) in [5.74, 6) is 1.92. The highest BCUT2D eigenvalue weighted by Crippen LogP contribution is 2.36. The van der Waals surface area contributed by atoms with Crippen LogP contribution in [0.3, 0.4) is 0 Å². The number of hydrogen-bond acceptors (Lipinski definition) is 9. The van der Waals surface area contributed by atoms with Crippen molar-refractivity contribution in [3.05, 3.63) is 42.1 Å². The third-order valence-corrected chi connectivity index (χ3v) is 7.59. The molecular weight excluding hydrogens is 482 g/mol. The number of carbonyl (C=O) groups is 2. The van der Waals surface area contributed by atoms with Gasteiger partial charge in [0.05, 0.1) is 48.9 Å². The van der Waals surface area contributed by atoms with Crippen molar-refractivity contribution >= 4 is 46.2 Å². The Hall–Kier alpha value is -3.57. The molecule has 2 atom stereocenters. The molecular formula is C25H25N5O5S. The first-order valence-corrected chi connectivity index (χ1v) is 12.8. The maximum atomic E-state index is 12.5. The van der Waals surface area contributed by atoms with Crippen LogP contribution in [-0.4, -0.2) is 67.2 Å². The second-order valence-corrected chi connectivity index (χ2v) is 10.0. The lowest BCUT2D eigenvalue weighted by molar-refractivity contribution is -0.113. The summed E-state index contributed by atoms with van der Waals surface area (Å²) in [7, 11) is 1.60. The molecule has 1 unspecified atom stereocenters. The number of cyclic esters (lactones) is 1. The molecule has 11 heteroatoms. The summed E-state index contributed by atoms with van der Waals surface area (Å²) in [5.41, 5.74) is 4.09. The predicted molar refractivity (Wildman–Crippen MR) is 135 cm³/mol. The third-order valence-electron chi connectivity index (χ3n) is 6.52. The molecule has 3 aliphatic rings. The molecule has 36 heavy (non-hydrogen) atoms. The number of pyridine rings is 2. The van der Waals surface area contributed by atoms with Crippen molar-refractivity contribution in [3.63, 3.8) is 0 Å². The predicted octanol–water partition coefficient (Wildman–Crippen LogP) is 2.85. The van der Waals surface area contributed by atoms with Crippen LogP contribution >= 0.6 is 11.8 Å². The van der Waals surface area contributed by atoms with Crippen LogP contribution < -0.4 is 25.0 Å². The summed E-state index contributed by atoms with van der Waals surface area (Å²) in [6.45, 7) is 2.26. The Kier molecular flexibility index (Phi) is 6.02. The highest BCUT2D eigenvalue weighted by atomic mass is 32.2. The minimum Gasteiger partial charge on any atom is -0.491 e. The molecule has 3 aliphatic heterocycles. The fourth-order valence-electron chi connectivity index (χ4n) is 4.73. The van der Waals surface area contributed by atoms with Gasteiger partial charge in [-0.25, -0.2) is 9.78 Å². The minimum absolute atomic E-state index is 0.0378. The van der Waals surface area contributed by atoms with Crippen molar-refractivity contribution in [1.82, 2.24) is 15.3 Å². The number of thioether (sulfide) groups is 1. The zero-order valence-corrected chi connectivity index (χ0v) is 20.5. The van der Waals surface area contributed by atoms with E-state index in [0.29, 0.717) is 43.6 Å². The van der Waals surface area contributed by atoms with Gasteiger partial charge in [0.1, 0.15) is 11.9 Å².